The maximum atomic E-state index is 14.0. The molecule has 3 rings (SSSR count). The van der Waals surface area contributed by atoms with E-state index >= 15 is 0 Å². The van der Waals surface area contributed by atoms with E-state index in [1.807, 2.05) is 24.3 Å². The van der Waals surface area contributed by atoms with E-state index in [4.69, 9.17) is 9.47 Å². The van der Waals surface area contributed by atoms with Crippen molar-refractivity contribution in [3.8, 4) is 5.75 Å². The van der Waals surface area contributed by atoms with Crippen LogP contribution in [0.25, 0.3) is 5.76 Å². The Labute approximate surface area is 187 Å². The van der Waals surface area contributed by atoms with Gasteiger partial charge in [-0.25, -0.2) is 4.39 Å². The topological polar surface area (TPSA) is 76.1 Å². The number of aliphatic hydroxyl groups excluding tert-OH is 1. The number of likely N-dealkylation sites (tertiary alicyclic amines) is 1. The predicted octanol–water partition coefficient (Wildman–Crippen LogP) is 4.20. The van der Waals surface area contributed by atoms with E-state index in [-0.39, 0.29) is 35.5 Å². The number of ketones is 1. The van der Waals surface area contributed by atoms with Gasteiger partial charge in [0.1, 0.15) is 17.3 Å². The summed E-state index contributed by atoms with van der Waals surface area (Å²) in [6.07, 6.45) is 0. The fraction of sp³-hybridized carbons (Fsp3) is 0.360. The van der Waals surface area contributed by atoms with Crippen LogP contribution in [0.4, 0.5) is 4.39 Å². The Kier molecular flexibility index (Phi) is 6.69. The highest BCUT2D eigenvalue weighted by Crippen LogP contribution is 2.41. The number of nitrogens with zero attached hydrogens (tertiary/aromatic N) is 1. The lowest BCUT2D eigenvalue weighted by Gasteiger charge is -2.26. The fourth-order valence-electron chi connectivity index (χ4n) is 3.82. The summed E-state index contributed by atoms with van der Waals surface area (Å²) in [6, 6.07) is 10.3. The maximum Gasteiger partial charge on any atom is 0.295 e. The average molecular weight is 441 g/mol. The Morgan fingerprint density at radius 1 is 1.09 bits per heavy atom. The standard InChI is InChI=1S/C25H28FNO5/c1-25(2,3)16-8-6-15(7-9-16)21-20(23(29)24(30)27(21)12-13-31-4)22(28)18-14-17(26)10-11-19(18)32-5/h6-11,14,21,28H,12-13H2,1-5H3/b22-20+. The number of hydrogen-bond acceptors (Lipinski definition) is 5. The van der Waals surface area contributed by atoms with E-state index in [1.165, 1.54) is 31.3 Å². The van der Waals surface area contributed by atoms with E-state index in [2.05, 4.69) is 20.8 Å². The summed E-state index contributed by atoms with van der Waals surface area (Å²) in [5.74, 6) is -2.48. The van der Waals surface area contributed by atoms with Crippen LogP contribution in [0.1, 0.15) is 43.5 Å². The van der Waals surface area contributed by atoms with Gasteiger partial charge in [0.05, 0.1) is 30.9 Å². The van der Waals surface area contributed by atoms with Gasteiger partial charge in [-0.1, -0.05) is 45.0 Å². The summed E-state index contributed by atoms with van der Waals surface area (Å²) >= 11 is 0. The van der Waals surface area contributed by atoms with Gasteiger partial charge in [0, 0.05) is 13.7 Å². The van der Waals surface area contributed by atoms with E-state index in [0.29, 0.717) is 5.56 Å². The molecule has 1 fully saturated rings. The molecule has 0 spiro atoms. The van der Waals surface area contributed by atoms with Crippen LogP contribution in [0.5, 0.6) is 5.75 Å². The van der Waals surface area contributed by atoms with Crippen LogP contribution in [0.3, 0.4) is 0 Å². The second-order valence-electron chi connectivity index (χ2n) is 8.70. The molecule has 1 atom stereocenters. The molecular weight excluding hydrogens is 413 g/mol. The molecule has 170 valence electrons. The third-order valence-electron chi connectivity index (χ3n) is 5.59. The van der Waals surface area contributed by atoms with Crippen molar-refractivity contribution in [2.75, 3.05) is 27.4 Å². The number of aliphatic hydroxyl groups is 1. The van der Waals surface area contributed by atoms with Crippen LogP contribution < -0.4 is 4.74 Å². The molecule has 0 aliphatic carbocycles. The summed E-state index contributed by atoms with van der Waals surface area (Å²) in [5.41, 5.74) is 1.56. The largest absolute Gasteiger partial charge is 0.507 e. The van der Waals surface area contributed by atoms with Crippen LogP contribution in [0.15, 0.2) is 48.0 Å². The molecule has 1 aliphatic heterocycles. The van der Waals surface area contributed by atoms with Gasteiger partial charge in [-0.15, -0.1) is 0 Å². The fourth-order valence-corrected chi connectivity index (χ4v) is 3.82. The van der Waals surface area contributed by atoms with E-state index < -0.39 is 29.3 Å². The lowest BCUT2D eigenvalue weighted by molar-refractivity contribution is -0.140. The van der Waals surface area contributed by atoms with Gasteiger partial charge in [-0.2, -0.15) is 0 Å². The van der Waals surface area contributed by atoms with Crippen LogP contribution in [0, 0.1) is 5.82 Å². The van der Waals surface area contributed by atoms with E-state index in [9.17, 15) is 19.1 Å². The molecule has 7 heteroatoms. The van der Waals surface area contributed by atoms with Crippen molar-refractivity contribution >= 4 is 17.4 Å². The first kappa shape index (κ1) is 23.5. The van der Waals surface area contributed by atoms with Crippen molar-refractivity contribution in [1.82, 2.24) is 4.90 Å². The van der Waals surface area contributed by atoms with Gasteiger partial charge in [0.15, 0.2) is 0 Å². The normalized spacial score (nSPS) is 18.3. The second-order valence-corrected chi connectivity index (χ2v) is 8.70. The number of hydrogen-bond donors (Lipinski definition) is 1. The van der Waals surface area contributed by atoms with Gasteiger partial charge in [-0.05, 0) is 34.7 Å². The minimum absolute atomic E-state index is 0.00792. The quantitative estimate of drug-likeness (QED) is 0.413. The molecule has 2 aromatic rings. The molecule has 1 saturated heterocycles. The second kappa shape index (κ2) is 9.12. The molecule has 0 radical (unpaired) electrons. The number of amides is 1. The van der Waals surface area contributed by atoms with Crippen molar-refractivity contribution < 1.29 is 28.6 Å². The van der Waals surface area contributed by atoms with Crippen LogP contribution in [0.2, 0.25) is 0 Å². The molecule has 32 heavy (non-hydrogen) atoms. The van der Waals surface area contributed by atoms with E-state index in [1.54, 1.807) is 0 Å². The molecule has 6 nitrogen and oxygen atoms in total. The molecule has 0 bridgehead atoms. The highest BCUT2D eigenvalue weighted by atomic mass is 19.1. The Hall–Kier alpha value is -3.19. The molecular formula is C25H28FNO5. The first-order chi connectivity index (χ1) is 15.1. The minimum atomic E-state index is -0.841. The van der Waals surface area contributed by atoms with Gasteiger partial charge in [0.25, 0.3) is 11.7 Å². The van der Waals surface area contributed by atoms with E-state index in [0.717, 1.165) is 11.6 Å². The van der Waals surface area contributed by atoms with Gasteiger partial charge < -0.3 is 19.5 Å². The Balaban J connectivity index is 2.20. The SMILES string of the molecule is COCCN1C(=O)C(=O)/C(=C(/O)c2cc(F)ccc2OC)C1c1ccc(C(C)(C)C)cc1. The molecule has 0 aromatic heterocycles. The smallest absolute Gasteiger partial charge is 0.295 e. The van der Waals surface area contributed by atoms with Crippen molar-refractivity contribution in [2.45, 2.75) is 32.2 Å². The summed E-state index contributed by atoms with van der Waals surface area (Å²) in [5, 5.41) is 11.1. The molecule has 1 amide bonds. The minimum Gasteiger partial charge on any atom is -0.507 e. The first-order valence-electron chi connectivity index (χ1n) is 10.3. The van der Waals surface area contributed by atoms with Crippen molar-refractivity contribution in [1.29, 1.82) is 0 Å². The predicted molar refractivity (Wildman–Crippen MR) is 119 cm³/mol. The number of rotatable bonds is 6. The van der Waals surface area contributed by atoms with Gasteiger partial charge >= 0.3 is 0 Å². The van der Waals surface area contributed by atoms with Crippen LogP contribution >= 0.6 is 0 Å². The van der Waals surface area contributed by atoms with Crippen molar-refractivity contribution in [3.05, 3.63) is 70.5 Å². The zero-order valence-electron chi connectivity index (χ0n) is 18.9. The molecule has 1 heterocycles. The van der Waals surface area contributed by atoms with Crippen molar-refractivity contribution in [2.24, 2.45) is 0 Å². The summed E-state index contributed by atoms with van der Waals surface area (Å²) in [7, 11) is 2.88. The highest BCUT2D eigenvalue weighted by molar-refractivity contribution is 6.46. The Morgan fingerprint density at radius 2 is 1.75 bits per heavy atom. The first-order valence-corrected chi connectivity index (χ1v) is 10.3. The molecule has 2 aromatic carbocycles. The third-order valence-corrected chi connectivity index (χ3v) is 5.59. The number of carbonyl (C=O) groups is 2. The molecule has 0 saturated carbocycles. The summed E-state index contributed by atoms with van der Waals surface area (Å²) < 4.78 is 24.3. The molecule has 1 N–H and O–H groups in total. The highest BCUT2D eigenvalue weighted by Gasteiger charge is 2.46. The lowest BCUT2D eigenvalue weighted by Crippen LogP contribution is -2.32. The zero-order chi connectivity index (χ0) is 23.6. The number of methoxy groups -OCH3 is 2. The third kappa shape index (κ3) is 4.39. The summed E-state index contributed by atoms with van der Waals surface area (Å²) in [6.45, 7) is 6.63. The molecule has 1 unspecified atom stereocenters. The number of benzene rings is 2. The van der Waals surface area contributed by atoms with Crippen LogP contribution in [-0.4, -0.2) is 49.1 Å². The maximum absolute atomic E-state index is 14.0. The number of halogens is 1. The van der Waals surface area contributed by atoms with Gasteiger partial charge in [0.2, 0.25) is 0 Å². The number of ether oxygens (including phenoxy) is 2. The molecule has 1 aliphatic rings. The Bertz CT molecular complexity index is 1050. The monoisotopic (exact) mass is 441 g/mol. The zero-order valence-corrected chi connectivity index (χ0v) is 18.9. The van der Waals surface area contributed by atoms with Crippen LogP contribution in [-0.2, 0) is 19.7 Å². The Morgan fingerprint density at radius 3 is 2.31 bits per heavy atom. The van der Waals surface area contributed by atoms with Crippen molar-refractivity contribution in [3.63, 3.8) is 0 Å². The number of Topliss-reactive ketones (excluding diaryl/α,β-unsaturated/α-hetero) is 1. The summed E-state index contributed by atoms with van der Waals surface area (Å²) in [4.78, 5) is 27.2. The lowest BCUT2D eigenvalue weighted by atomic mass is 9.85. The average Bonchev–Trinajstić information content (AvgIpc) is 3.01. The van der Waals surface area contributed by atoms with Gasteiger partial charge in [-0.3, -0.25) is 9.59 Å². The number of carbonyl (C=O) groups excluding carboxylic acids is 2.